The van der Waals surface area contributed by atoms with Crippen molar-refractivity contribution in [3.05, 3.63) is 71.3 Å². The van der Waals surface area contributed by atoms with Gasteiger partial charge in [0.2, 0.25) is 5.91 Å². The Kier molecular flexibility index (Phi) is 5.90. The Bertz CT molecular complexity index is 633. The summed E-state index contributed by atoms with van der Waals surface area (Å²) in [5.74, 6) is -0.169. The van der Waals surface area contributed by atoms with Crippen molar-refractivity contribution in [1.82, 2.24) is 5.32 Å². The Labute approximate surface area is 137 Å². The molecule has 0 saturated heterocycles. The first-order chi connectivity index (χ1) is 11.0. The molecule has 0 aliphatic rings. The molecular formula is C19H24N2O2. The first-order valence-corrected chi connectivity index (χ1v) is 7.72. The van der Waals surface area contributed by atoms with E-state index in [0.29, 0.717) is 19.8 Å². The summed E-state index contributed by atoms with van der Waals surface area (Å²) in [5, 5.41) is 2.87. The highest BCUT2D eigenvalue weighted by molar-refractivity contribution is 5.85. The summed E-state index contributed by atoms with van der Waals surface area (Å²) in [6, 6.07) is 18.0. The van der Waals surface area contributed by atoms with E-state index in [1.165, 1.54) is 0 Å². The lowest BCUT2D eigenvalue weighted by Gasteiger charge is -2.18. The summed E-state index contributed by atoms with van der Waals surface area (Å²) < 4.78 is 5.78. The number of ether oxygens (including phenoxy) is 1. The third kappa shape index (κ3) is 5.51. The Morgan fingerprint density at radius 1 is 1.00 bits per heavy atom. The van der Waals surface area contributed by atoms with E-state index in [0.717, 1.165) is 16.7 Å². The number of amides is 1. The largest absolute Gasteiger partial charge is 0.372 e. The Hall–Kier alpha value is -2.17. The minimum Gasteiger partial charge on any atom is -0.372 e. The molecule has 23 heavy (non-hydrogen) atoms. The average molecular weight is 312 g/mol. The van der Waals surface area contributed by atoms with Crippen molar-refractivity contribution in [2.24, 2.45) is 5.73 Å². The third-order valence-corrected chi connectivity index (χ3v) is 3.51. The van der Waals surface area contributed by atoms with Crippen LogP contribution in [-0.2, 0) is 29.3 Å². The van der Waals surface area contributed by atoms with Gasteiger partial charge in [0.1, 0.15) is 0 Å². The third-order valence-electron chi connectivity index (χ3n) is 3.51. The second kappa shape index (κ2) is 7.90. The topological polar surface area (TPSA) is 64.4 Å². The SMILES string of the molecule is CC(C)(N)C(=O)NCc1ccccc1COCc1ccccc1. The van der Waals surface area contributed by atoms with Gasteiger partial charge < -0.3 is 15.8 Å². The monoisotopic (exact) mass is 312 g/mol. The summed E-state index contributed by atoms with van der Waals surface area (Å²) >= 11 is 0. The van der Waals surface area contributed by atoms with E-state index in [4.69, 9.17) is 10.5 Å². The minimum absolute atomic E-state index is 0.169. The number of carbonyl (C=O) groups excluding carboxylic acids is 1. The molecule has 0 aromatic heterocycles. The lowest BCUT2D eigenvalue weighted by atomic mass is 10.1. The van der Waals surface area contributed by atoms with Crippen molar-refractivity contribution in [3.8, 4) is 0 Å². The van der Waals surface area contributed by atoms with Gasteiger partial charge in [-0.25, -0.2) is 0 Å². The van der Waals surface area contributed by atoms with Gasteiger partial charge in [0.15, 0.2) is 0 Å². The molecule has 0 bridgehead atoms. The predicted octanol–water partition coefficient (Wildman–Crippen LogP) is 2.76. The van der Waals surface area contributed by atoms with Gasteiger partial charge in [-0.1, -0.05) is 54.6 Å². The summed E-state index contributed by atoms with van der Waals surface area (Å²) in [6.07, 6.45) is 0. The molecule has 4 nitrogen and oxygen atoms in total. The highest BCUT2D eigenvalue weighted by Gasteiger charge is 2.21. The standard InChI is InChI=1S/C19H24N2O2/c1-19(2,20)18(22)21-12-16-10-6-7-11-17(16)14-23-13-15-8-4-3-5-9-15/h3-11H,12-14,20H2,1-2H3,(H,21,22). The van der Waals surface area contributed by atoms with Gasteiger partial charge in [0.25, 0.3) is 0 Å². The van der Waals surface area contributed by atoms with E-state index in [-0.39, 0.29) is 5.91 Å². The molecule has 4 heteroatoms. The molecule has 0 saturated carbocycles. The lowest BCUT2D eigenvalue weighted by Crippen LogP contribution is -2.48. The van der Waals surface area contributed by atoms with Crippen molar-refractivity contribution >= 4 is 5.91 Å². The first-order valence-electron chi connectivity index (χ1n) is 7.72. The Morgan fingerprint density at radius 2 is 1.61 bits per heavy atom. The van der Waals surface area contributed by atoms with Crippen LogP contribution in [0.4, 0.5) is 0 Å². The van der Waals surface area contributed by atoms with E-state index >= 15 is 0 Å². The van der Waals surface area contributed by atoms with Gasteiger partial charge in [-0.2, -0.15) is 0 Å². The zero-order chi connectivity index (χ0) is 16.7. The quantitative estimate of drug-likeness (QED) is 0.826. The van der Waals surface area contributed by atoms with Crippen molar-refractivity contribution in [3.63, 3.8) is 0 Å². The zero-order valence-electron chi connectivity index (χ0n) is 13.7. The molecule has 1 amide bonds. The number of carbonyl (C=O) groups is 1. The van der Waals surface area contributed by atoms with Gasteiger partial charge in [-0.3, -0.25) is 4.79 Å². The van der Waals surface area contributed by atoms with E-state index < -0.39 is 5.54 Å². The highest BCUT2D eigenvalue weighted by atomic mass is 16.5. The maximum Gasteiger partial charge on any atom is 0.239 e. The molecule has 0 aliphatic carbocycles. The van der Waals surface area contributed by atoms with Crippen LogP contribution < -0.4 is 11.1 Å². The lowest BCUT2D eigenvalue weighted by molar-refractivity contribution is -0.125. The molecule has 122 valence electrons. The van der Waals surface area contributed by atoms with Crippen molar-refractivity contribution < 1.29 is 9.53 Å². The van der Waals surface area contributed by atoms with Crippen LogP contribution in [0.15, 0.2) is 54.6 Å². The van der Waals surface area contributed by atoms with Crippen molar-refractivity contribution in [2.45, 2.75) is 39.1 Å². The van der Waals surface area contributed by atoms with Crippen LogP contribution in [-0.4, -0.2) is 11.4 Å². The Balaban J connectivity index is 1.91. The van der Waals surface area contributed by atoms with Crippen molar-refractivity contribution in [1.29, 1.82) is 0 Å². The second-order valence-corrected chi connectivity index (χ2v) is 6.15. The number of hydrogen-bond donors (Lipinski definition) is 2. The Morgan fingerprint density at radius 3 is 2.26 bits per heavy atom. The molecule has 0 aliphatic heterocycles. The summed E-state index contributed by atoms with van der Waals surface area (Å²) in [4.78, 5) is 11.9. The molecule has 2 rings (SSSR count). The molecule has 0 unspecified atom stereocenters. The van der Waals surface area contributed by atoms with E-state index in [9.17, 15) is 4.79 Å². The fraction of sp³-hybridized carbons (Fsp3) is 0.316. The second-order valence-electron chi connectivity index (χ2n) is 6.15. The number of rotatable bonds is 7. The maximum atomic E-state index is 11.9. The van der Waals surface area contributed by atoms with Crippen molar-refractivity contribution in [2.75, 3.05) is 0 Å². The molecule has 0 atom stereocenters. The van der Waals surface area contributed by atoms with Crippen LogP contribution in [0.1, 0.15) is 30.5 Å². The fourth-order valence-electron chi connectivity index (χ4n) is 2.13. The van der Waals surface area contributed by atoms with E-state index in [2.05, 4.69) is 5.32 Å². The number of nitrogens with one attached hydrogen (secondary N) is 1. The summed E-state index contributed by atoms with van der Waals surface area (Å²) in [7, 11) is 0. The van der Waals surface area contributed by atoms with Crippen LogP contribution in [0, 0.1) is 0 Å². The summed E-state index contributed by atoms with van der Waals surface area (Å²) in [5.41, 5.74) is 8.16. The molecule has 2 aromatic rings. The van der Waals surface area contributed by atoms with Gasteiger partial charge in [-0.05, 0) is 30.5 Å². The van der Waals surface area contributed by atoms with Gasteiger partial charge >= 0.3 is 0 Å². The van der Waals surface area contributed by atoms with Crippen LogP contribution in [0.3, 0.4) is 0 Å². The molecule has 0 heterocycles. The maximum absolute atomic E-state index is 11.9. The molecule has 0 spiro atoms. The van der Waals surface area contributed by atoms with Crippen LogP contribution in [0.2, 0.25) is 0 Å². The summed E-state index contributed by atoms with van der Waals surface area (Å²) in [6.45, 7) is 4.91. The molecule has 0 radical (unpaired) electrons. The van der Waals surface area contributed by atoms with Crippen LogP contribution >= 0.6 is 0 Å². The van der Waals surface area contributed by atoms with Crippen LogP contribution in [0.5, 0.6) is 0 Å². The normalized spacial score (nSPS) is 11.3. The average Bonchev–Trinajstić information content (AvgIpc) is 2.53. The first kappa shape index (κ1) is 17.2. The minimum atomic E-state index is -0.876. The van der Waals surface area contributed by atoms with Gasteiger partial charge in [0.05, 0.1) is 18.8 Å². The number of nitrogens with two attached hydrogens (primary N) is 1. The van der Waals surface area contributed by atoms with E-state index in [1.807, 2.05) is 54.6 Å². The molecule has 3 N–H and O–H groups in total. The molecule has 0 fully saturated rings. The fourth-order valence-corrected chi connectivity index (χ4v) is 2.13. The van der Waals surface area contributed by atoms with Gasteiger partial charge in [0, 0.05) is 6.54 Å². The van der Waals surface area contributed by atoms with E-state index in [1.54, 1.807) is 13.8 Å². The van der Waals surface area contributed by atoms with Gasteiger partial charge in [-0.15, -0.1) is 0 Å². The smallest absolute Gasteiger partial charge is 0.239 e. The predicted molar refractivity (Wildman–Crippen MR) is 91.5 cm³/mol. The van der Waals surface area contributed by atoms with Crippen LogP contribution in [0.25, 0.3) is 0 Å². The zero-order valence-corrected chi connectivity index (χ0v) is 13.7. The molecule has 2 aromatic carbocycles. The number of hydrogen-bond acceptors (Lipinski definition) is 3. The number of benzene rings is 2. The molecular weight excluding hydrogens is 288 g/mol. The highest BCUT2D eigenvalue weighted by Crippen LogP contribution is 2.12.